The number of benzene rings is 2. The highest BCUT2D eigenvalue weighted by molar-refractivity contribution is 5.83. The van der Waals surface area contributed by atoms with Crippen LogP contribution in [0.1, 0.15) is 30.1 Å². The van der Waals surface area contributed by atoms with Gasteiger partial charge in [-0.05, 0) is 25.0 Å². The van der Waals surface area contributed by atoms with Crippen LogP contribution in [0.2, 0.25) is 0 Å². The molecule has 7 nitrogen and oxygen atoms in total. The van der Waals surface area contributed by atoms with Crippen LogP contribution < -0.4 is 11.3 Å². The number of hydrogen-bond donors (Lipinski definition) is 1. The standard InChI is InChI=1S/C21H21N3O4/c1-14-7-5-10-16-18(14)23-13-24(21(16)27)12-6-11-17(25)28-19(20(22)26)15-8-3-2-4-9-15/h2-5,7-10,13,19H,6,11-12H2,1H3,(H2,22,26)/t19-/m0/s1. The van der Waals surface area contributed by atoms with E-state index in [1.807, 2.05) is 19.1 Å². The van der Waals surface area contributed by atoms with Gasteiger partial charge in [0.05, 0.1) is 17.2 Å². The van der Waals surface area contributed by atoms with Crippen molar-refractivity contribution in [3.05, 3.63) is 76.3 Å². The van der Waals surface area contributed by atoms with Crippen LogP contribution in [-0.2, 0) is 20.9 Å². The van der Waals surface area contributed by atoms with E-state index in [2.05, 4.69) is 4.98 Å². The Morgan fingerprint density at radius 2 is 1.89 bits per heavy atom. The highest BCUT2D eigenvalue weighted by Crippen LogP contribution is 2.18. The third-order valence-corrected chi connectivity index (χ3v) is 4.45. The second kappa shape index (κ2) is 8.47. The first kappa shape index (κ1) is 19.3. The Morgan fingerprint density at radius 1 is 1.14 bits per heavy atom. The van der Waals surface area contributed by atoms with Crippen molar-refractivity contribution >= 4 is 22.8 Å². The maximum Gasteiger partial charge on any atom is 0.306 e. The van der Waals surface area contributed by atoms with Crippen molar-refractivity contribution in [2.45, 2.75) is 32.4 Å². The van der Waals surface area contributed by atoms with Gasteiger partial charge in [-0.25, -0.2) is 4.98 Å². The zero-order valence-electron chi connectivity index (χ0n) is 15.5. The number of primary amides is 1. The molecule has 0 spiro atoms. The normalized spacial score (nSPS) is 11.9. The van der Waals surface area contributed by atoms with Crippen molar-refractivity contribution in [3.8, 4) is 0 Å². The Bertz CT molecular complexity index is 1060. The first-order valence-electron chi connectivity index (χ1n) is 8.96. The van der Waals surface area contributed by atoms with Gasteiger partial charge in [0.2, 0.25) is 6.10 Å². The van der Waals surface area contributed by atoms with E-state index in [9.17, 15) is 14.4 Å². The summed E-state index contributed by atoms with van der Waals surface area (Å²) >= 11 is 0. The number of nitrogens with zero attached hydrogens (tertiary/aromatic N) is 2. The molecule has 0 radical (unpaired) electrons. The lowest BCUT2D eigenvalue weighted by Gasteiger charge is -2.15. The first-order valence-corrected chi connectivity index (χ1v) is 8.96. The number of ether oxygens (including phenoxy) is 1. The Kier molecular flexibility index (Phi) is 5.84. The lowest BCUT2D eigenvalue weighted by atomic mass is 10.1. The molecule has 0 aliphatic carbocycles. The average molecular weight is 379 g/mol. The molecule has 0 fully saturated rings. The molecule has 1 aromatic heterocycles. The van der Waals surface area contributed by atoms with Crippen LogP contribution >= 0.6 is 0 Å². The summed E-state index contributed by atoms with van der Waals surface area (Å²) in [5.41, 5.74) is 7.33. The number of carbonyl (C=O) groups is 2. The number of aryl methyl sites for hydroxylation is 2. The van der Waals surface area contributed by atoms with Crippen molar-refractivity contribution in [3.63, 3.8) is 0 Å². The number of nitrogens with two attached hydrogens (primary N) is 1. The maximum atomic E-state index is 12.6. The molecule has 1 heterocycles. The predicted octanol–water partition coefficient (Wildman–Crippen LogP) is 2.25. The van der Waals surface area contributed by atoms with E-state index < -0.39 is 18.0 Å². The summed E-state index contributed by atoms with van der Waals surface area (Å²) < 4.78 is 6.71. The average Bonchev–Trinajstić information content (AvgIpc) is 2.69. The van der Waals surface area contributed by atoms with Crippen molar-refractivity contribution in [1.29, 1.82) is 0 Å². The van der Waals surface area contributed by atoms with Crippen molar-refractivity contribution in [1.82, 2.24) is 9.55 Å². The quantitative estimate of drug-likeness (QED) is 0.634. The van der Waals surface area contributed by atoms with Gasteiger partial charge in [0.1, 0.15) is 0 Å². The molecule has 1 amide bonds. The number of esters is 1. The fourth-order valence-electron chi connectivity index (χ4n) is 3.00. The Morgan fingerprint density at radius 3 is 2.61 bits per heavy atom. The topological polar surface area (TPSA) is 104 Å². The van der Waals surface area contributed by atoms with E-state index in [4.69, 9.17) is 10.5 Å². The van der Waals surface area contributed by atoms with E-state index in [0.717, 1.165) is 5.56 Å². The molecule has 3 aromatic rings. The van der Waals surface area contributed by atoms with Gasteiger partial charge in [0, 0.05) is 18.5 Å². The minimum atomic E-state index is -1.12. The summed E-state index contributed by atoms with van der Waals surface area (Å²) in [5, 5.41) is 0.544. The fraction of sp³-hybridized carbons (Fsp3) is 0.238. The molecule has 28 heavy (non-hydrogen) atoms. The molecule has 7 heteroatoms. The monoisotopic (exact) mass is 379 g/mol. The number of fused-ring (bicyclic) bond motifs is 1. The largest absolute Gasteiger partial charge is 0.447 e. The molecule has 0 saturated carbocycles. The van der Waals surface area contributed by atoms with Gasteiger partial charge >= 0.3 is 5.97 Å². The third-order valence-electron chi connectivity index (χ3n) is 4.45. The van der Waals surface area contributed by atoms with E-state index in [1.165, 1.54) is 10.9 Å². The molecular formula is C21H21N3O4. The first-order chi connectivity index (χ1) is 13.5. The van der Waals surface area contributed by atoms with Gasteiger partial charge in [0.25, 0.3) is 11.5 Å². The molecule has 1 atom stereocenters. The number of carbonyl (C=O) groups excluding carboxylic acids is 2. The zero-order valence-corrected chi connectivity index (χ0v) is 15.5. The number of hydrogen-bond acceptors (Lipinski definition) is 5. The minimum absolute atomic E-state index is 0.0505. The molecule has 2 aromatic carbocycles. The zero-order chi connectivity index (χ0) is 20.1. The van der Waals surface area contributed by atoms with E-state index in [1.54, 1.807) is 36.4 Å². The minimum Gasteiger partial charge on any atom is -0.447 e. The molecular weight excluding hydrogens is 358 g/mol. The van der Waals surface area contributed by atoms with Crippen molar-refractivity contribution < 1.29 is 14.3 Å². The molecule has 0 bridgehead atoms. The van der Waals surface area contributed by atoms with Crippen LogP contribution in [0.5, 0.6) is 0 Å². The van der Waals surface area contributed by atoms with E-state index >= 15 is 0 Å². The molecule has 0 saturated heterocycles. The Balaban J connectivity index is 1.62. The molecule has 144 valence electrons. The van der Waals surface area contributed by atoms with Gasteiger partial charge in [-0.2, -0.15) is 0 Å². The molecule has 3 rings (SSSR count). The number of para-hydroxylation sites is 1. The van der Waals surface area contributed by atoms with Crippen LogP contribution in [0, 0.1) is 6.92 Å². The van der Waals surface area contributed by atoms with Gasteiger partial charge < -0.3 is 10.5 Å². The smallest absolute Gasteiger partial charge is 0.306 e. The number of aromatic nitrogens is 2. The van der Waals surface area contributed by atoms with Gasteiger partial charge in [-0.1, -0.05) is 42.5 Å². The highest BCUT2D eigenvalue weighted by atomic mass is 16.5. The fourth-order valence-corrected chi connectivity index (χ4v) is 3.00. The molecule has 0 unspecified atom stereocenters. The summed E-state index contributed by atoms with van der Waals surface area (Å²) in [4.78, 5) is 40.6. The van der Waals surface area contributed by atoms with Crippen molar-refractivity contribution in [2.24, 2.45) is 5.73 Å². The van der Waals surface area contributed by atoms with E-state index in [-0.39, 0.29) is 12.0 Å². The summed E-state index contributed by atoms with van der Waals surface area (Å²) in [6.45, 7) is 2.22. The lowest BCUT2D eigenvalue weighted by Crippen LogP contribution is -2.26. The SMILES string of the molecule is Cc1cccc2c(=O)n(CCCC(=O)O[C@H](C(N)=O)c3ccccc3)cnc12. The van der Waals surface area contributed by atoms with Crippen LogP contribution in [0.3, 0.4) is 0 Å². The summed E-state index contributed by atoms with van der Waals surface area (Å²) in [7, 11) is 0. The molecule has 0 aliphatic heterocycles. The summed E-state index contributed by atoms with van der Waals surface area (Å²) in [6, 6.07) is 14.1. The second-order valence-electron chi connectivity index (χ2n) is 6.50. The Hall–Kier alpha value is -3.48. The maximum absolute atomic E-state index is 12.6. The number of rotatable bonds is 7. The second-order valence-corrected chi connectivity index (χ2v) is 6.50. The van der Waals surface area contributed by atoms with Gasteiger partial charge in [0.15, 0.2) is 0 Å². The predicted molar refractivity (Wildman–Crippen MR) is 104 cm³/mol. The number of amides is 1. The van der Waals surface area contributed by atoms with E-state index in [0.29, 0.717) is 29.4 Å². The molecule has 0 aliphatic rings. The van der Waals surface area contributed by atoms with Crippen LogP contribution in [0.25, 0.3) is 10.9 Å². The summed E-state index contributed by atoms with van der Waals surface area (Å²) in [5.74, 6) is -1.28. The third kappa shape index (κ3) is 4.25. The van der Waals surface area contributed by atoms with Gasteiger partial charge in [-0.3, -0.25) is 19.0 Å². The van der Waals surface area contributed by atoms with Gasteiger partial charge in [-0.15, -0.1) is 0 Å². The van der Waals surface area contributed by atoms with Crippen LogP contribution in [0.15, 0.2) is 59.7 Å². The highest BCUT2D eigenvalue weighted by Gasteiger charge is 2.22. The Labute approximate surface area is 161 Å². The lowest BCUT2D eigenvalue weighted by molar-refractivity contribution is -0.155. The molecule has 2 N–H and O–H groups in total. The van der Waals surface area contributed by atoms with Crippen LogP contribution in [0.4, 0.5) is 0 Å². The van der Waals surface area contributed by atoms with Crippen LogP contribution in [-0.4, -0.2) is 21.4 Å². The summed E-state index contributed by atoms with van der Waals surface area (Å²) in [6.07, 6.45) is 0.785. The van der Waals surface area contributed by atoms with Crippen molar-refractivity contribution in [2.75, 3.05) is 0 Å².